The number of carbonyl (C=O) groups is 1. The van der Waals surface area contributed by atoms with Crippen molar-refractivity contribution in [1.82, 2.24) is 19.7 Å². The number of likely N-dealkylation sites (tertiary alicyclic amines) is 1. The second-order valence-corrected chi connectivity index (χ2v) is 11.3. The number of aromatic amines is 1. The van der Waals surface area contributed by atoms with Gasteiger partial charge in [-0.05, 0) is 76.4 Å². The molecule has 2 aliphatic heterocycles. The molecule has 1 fully saturated rings. The summed E-state index contributed by atoms with van der Waals surface area (Å²) in [6, 6.07) is 16.8. The minimum atomic E-state index is -0.372. The molecule has 0 saturated carbocycles. The summed E-state index contributed by atoms with van der Waals surface area (Å²) in [5, 5.41) is 1.21. The van der Waals surface area contributed by atoms with Crippen molar-refractivity contribution in [3.63, 3.8) is 0 Å². The number of rotatable bonds is 9. The Hall–Kier alpha value is -3.03. The first-order valence-electron chi connectivity index (χ1n) is 14.0. The molecule has 2 aliphatic rings. The first-order chi connectivity index (χ1) is 18.3. The third kappa shape index (κ3) is 5.02. The van der Waals surface area contributed by atoms with Crippen molar-refractivity contribution in [2.45, 2.75) is 58.2 Å². The first-order valence-corrected chi connectivity index (χ1v) is 14.0. The van der Waals surface area contributed by atoms with Gasteiger partial charge in [0.1, 0.15) is 18.1 Å². The highest BCUT2D eigenvalue weighted by atomic mass is 16.5. The van der Waals surface area contributed by atoms with Crippen molar-refractivity contribution in [2.75, 3.05) is 46.4 Å². The monoisotopic (exact) mass is 518 g/mol. The molecular formula is C31H42N4O3. The molecule has 5 rings (SSSR count). The smallest absolute Gasteiger partial charge is 0.237 e. The zero-order chi connectivity index (χ0) is 26.9. The Bertz CT molecular complexity index is 1250. The fraction of sp³-hybridized carbons (Fsp3) is 0.516. The zero-order valence-electron chi connectivity index (χ0n) is 23.5. The summed E-state index contributed by atoms with van der Waals surface area (Å²) < 4.78 is 11.6. The van der Waals surface area contributed by atoms with Crippen molar-refractivity contribution >= 4 is 16.8 Å². The van der Waals surface area contributed by atoms with E-state index in [1.165, 1.54) is 16.6 Å². The molecule has 7 nitrogen and oxygen atoms in total. The Kier molecular flexibility index (Phi) is 7.68. The van der Waals surface area contributed by atoms with Crippen LogP contribution in [0.15, 0.2) is 48.5 Å². The predicted octanol–water partition coefficient (Wildman–Crippen LogP) is 4.66. The third-order valence-electron chi connectivity index (χ3n) is 8.37. The molecule has 1 amide bonds. The largest absolute Gasteiger partial charge is 0.497 e. The third-order valence-corrected chi connectivity index (χ3v) is 8.37. The number of carbonyl (C=O) groups excluding carboxylic acids is 1. The van der Waals surface area contributed by atoms with Crippen molar-refractivity contribution in [2.24, 2.45) is 0 Å². The molecule has 1 atom stereocenters. The summed E-state index contributed by atoms with van der Waals surface area (Å²) in [5.41, 5.74) is 3.27. The van der Waals surface area contributed by atoms with E-state index in [4.69, 9.17) is 9.47 Å². The van der Waals surface area contributed by atoms with Crippen molar-refractivity contribution in [3.05, 3.63) is 59.8 Å². The van der Waals surface area contributed by atoms with Gasteiger partial charge in [0.2, 0.25) is 5.91 Å². The van der Waals surface area contributed by atoms with Crippen molar-refractivity contribution in [3.8, 4) is 11.5 Å². The van der Waals surface area contributed by atoms with Gasteiger partial charge in [0.15, 0.2) is 0 Å². The molecule has 1 aromatic heterocycles. The minimum absolute atomic E-state index is 0.219. The number of amides is 1. The van der Waals surface area contributed by atoms with E-state index in [1.807, 2.05) is 36.4 Å². The van der Waals surface area contributed by atoms with Crippen molar-refractivity contribution in [1.29, 1.82) is 0 Å². The number of H-pyrrole nitrogens is 1. The van der Waals surface area contributed by atoms with E-state index in [2.05, 4.69) is 59.5 Å². The predicted molar refractivity (Wildman–Crippen MR) is 152 cm³/mol. The molecule has 0 radical (unpaired) electrons. The summed E-state index contributed by atoms with van der Waals surface area (Å²) in [6.07, 6.45) is 1.75. The number of hydrogen-bond acceptors (Lipinski definition) is 5. The number of ether oxygens (including phenoxy) is 2. The lowest BCUT2D eigenvalue weighted by atomic mass is 9.83. The summed E-state index contributed by atoms with van der Waals surface area (Å²) in [7, 11) is 1.71. The Morgan fingerprint density at radius 2 is 1.82 bits per heavy atom. The SMILES string of the molecule is COc1ccc2[nH]c3c(c2c1)CCN(C(=O)CN(C(C)C)C(C)C)C31CCN(CCOc2ccccc2)C1. The van der Waals surface area contributed by atoms with Gasteiger partial charge in [0.25, 0.3) is 0 Å². The Labute approximate surface area is 226 Å². The average molecular weight is 519 g/mol. The number of para-hydroxylation sites is 1. The first kappa shape index (κ1) is 26.6. The molecule has 204 valence electrons. The number of methoxy groups -OCH3 is 1. The van der Waals surface area contributed by atoms with Gasteiger partial charge in [-0.15, -0.1) is 0 Å². The fourth-order valence-electron chi connectivity index (χ4n) is 6.45. The number of fused-ring (bicyclic) bond motifs is 4. The fourth-order valence-corrected chi connectivity index (χ4v) is 6.45. The van der Waals surface area contributed by atoms with Crippen LogP contribution < -0.4 is 9.47 Å². The minimum Gasteiger partial charge on any atom is -0.497 e. The summed E-state index contributed by atoms with van der Waals surface area (Å²) >= 11 is 0. The molecule has 3 aromatic rings. The molecule has 1 saturated heterocycles. The number of nitrogens with one attached hydrogen (secondary N) is 1. The molecule has 1 spiro atoms. The quantitative estimate of drug-likeness (QED) is 0.447. The van der Waals surface area contributed by atoms with Crippen LogP contribution in [0.3, 0.4) is 0 Å². The molecular weight excluding hydrogens is 476 g/mol. The maximum Gasteiger partial charge on any atom is 0.237 e. The standard InChI is InChI=1S/C31H42N4O3/c1-22(2)34(23(3)4)20-29(36)35-15-13-26-27-19-25(37-5)11-12-28(27)32-30(26)31(35)14-16-33(21-31)17-18-38-24-9-7-6-8-10-24/h6-12,19,22-23,32H,13-18,20-21H2,1-5H3. The van der Waals surface area contributed by atoms with E-state index in [1.54, 1.807) is 7.11 Å². The van der Waals surface area contributed by atoms with Gasteiger partial charge in [0, 0.05) is 54.9 Å². The lowest BCUT2D eigenvalue weighted by Gasteiger charge is -2.46. The second-order valence-electron chi connectivity index (χ2n) is 11.3. The maximum atomic E-state index is 14.0. The summed E-state index contributed by atoms with van der Waals surface area (Å²) in [5.74, 6) is 1.98. The normalized spacial score (nSPS) is 19.7. The lowest BCUT2D eigenvalue weighted by molar-refractivity contribution is -0.141. The van der Waals surface area contributed by atoms with Crippen LogP contribution in [0.4, 0.5) is 0 Å². The van der Waals surface area contributed by atoms with Gasteiger partial charge < -0.3 is 19.4 Å². The zero-order valence-corrected chi connectivity index (χ0v) is 23.5. The summed E-state index contributed by atoms with van der Waals surface area (Å²) in [6.45, 7) is 13.0. The second kappa shape index (κ2) is 11.0. The Morgan fingerprint density at radius 1 is 1.05 bits per heavy atom. The van der Waals surface area contributed by atoms with E-state index in [-0.39, 0.29) is 11.4 Å². The van der Waals surface area contributed by atoms with E-state index >= 15 is 0 Å². The van der Waals surface area contributed by atoms with E-state index in [9.17, 15) is 4.79 Å². The molecule has 7 heteroatoms. The van der Waals surface area contributed by atoms with Gasteiger partial charge in [-0.3, -0.25) is 14.6 Å². The Balaban J connectivity index is 1.44. The van der Waals surface area contributed by atoms with Gasteiger partial charge in [-0.1, -0.05) is 18.2 Å². The number of nitrogens with zero attached hydrogens (tertiary/aromatic N) is 3. The molecule has 0 aliphatic carbocycles. The van der Waals surface area contributed by atoms with Crippen LogP contribution in [-0.4, -0.2) is 84.1 Å². The van der Waals surface area contributed by atoms with Crippen LogP contribution in [0.5, 0.6) is 11.5 Å². The van der Waals surface area contributed by atoms with Crippen LogP contribution in [0, 0.1) is 0 Å². The van der Waals surface area contributed by atoms with Crippen LogP contribution in [-0.2, 0) is 16.8 Å². The maximum absolute atomic E-state index is 14.0. The van der Waals surface area contributed by atoms with Gasteiger partial charge in [0.05, 0.1) is 19.2 Å². The highest BCUT2D eigenvalue weighted by molar-refractivity contribution is 5.88. The molecule has 1 unspecified atom stereocenters. The van der Waals surface area contributed by atoms with Crippen LogP contribution >= 0.6 is 0 Å². The van der Waals surface area contributed by atoms with Gasteiger partial charge >= 0.3 is 0 Å². The molecule has 0 bridgehead atoms. The topological polar surface area (TPSA) is 61.0 Å². The van der Waals surface area contributed by atoms with Crippen LogP contribution in [0.1, 0.15) is 45.4 Å². The molecule has 3 heterocycles. The molecule has 38 heavy (non-hydrogen) atoms. The summed E-state index contributed by atoms with van der Waals surface area (Å²) in [4.78, 5) is 24.7. The molecule has 1 N–H and O–H groups in total. The highest BCUT2D eigenvalue weighted by Gasteiger charge is 2.51. The number of hydrogen-bond donors (Lipinski definition) is 1. The highest BCUT2D eigenvalue weighted by Crippen LogP contribution is 2.45. The molecule has 2 aromatic carbocycles. The number of aromatic nitrogens is 1. The lowest BCUT2D eigenvalue weighted by Crippen LogP contribution is -2.58. The van der Waals surface area contributed by atoms with Crippen LogP contribution in [0.2, 0.25) is 0 Å². The van der Waals surface area contributed by atoms with E-state index in [0.717, 1.165) is 56.0 Å². The number of benzene rings is 2. The Morgan fingerprint density at radius 3 is 2.53 bits per heavy atom. The van der Waals surface area contributed by atoms with Crippen LogP contribution in [0.25, 0.3) is 10.9 Å². The van der Waals surface area contributed by atoms with Gasteiger partial charge in [-0.2, -0.15) is 0 Å². The van der Waals surface area contributed by atoms with Crippen molar-refractivity contribution < 1.29 is 14.3 Å². The average Bonchev–Trinajstić information content (AvgIpc) is 3.50. The van der Waals surface area contributed by atoms with E-state index < -0.39 is 0 Å². The van der Waals surface area contributed by atoms with E-state index in [0.29, 0.717) is 25.2 Å². The van der Waals surface area contributed by atoms with Gasteiger partial charge in [-0.25, -0.2) is 0 Å².